The molecular formula is C13H15ClN2O3. The van der Waals surface area contributed by atoms with E-state index in [1.807, 2.05) is 0 Å². The summed E-state index contributed by atoms with van der Waals surface area (Å²) in [4.78, 5) is 27.0. The van der Waals surface area contributed by atoms with Gasteiger partial charge in [-0.15, -0.1) is 0 Å². The fourth-order valence-electron chi connectivity index (χ4n) is 2.34. The molecule has 0 bridgehead atoms. The molecule has 1 heterocycles. The molecule has 0 radical (unpaired) electrons. The first-order valence-corrected chi connectivity index (χ1v) is 6.52. The molecule has 1 aliphatic carbocycles. The number of carboxylic acids is 1. The number of aromatic nitrogens is 1. The second kappa shape index (κ2) is 5.57. The lowest BCUT2D eigenvalue weighted by Gasteiger charge is -2.12. The molecule has 1 aliphatic rings. The summed E-state index contributed by atoms with van der Waals surface area (Å²) >= 11 is 5.75. The largest absolute Gasteiger partial charge is 0.481 e. The van der Waals surface area contributed by atoms with Crippen molar-refractivity contribution in [1.29, 1.82) is 0 Å². The van der Waals surface area contributed by atoms with Gasteiger partial charge in [0.1, 0.15) is 5.15 Å². The van der Waals surface area contributed by atoms with Crippen LogP contribution >= 0.6 is 11.6 Å². The minimum absolute atomic E-state index is 0.143. The van der Waals surface area contributed by atoms with Crippen molar-refractivity contribution in [1.82, 2.24) is 4.98 Å². The average Bonchev–Trinajstić information content (AvgIpc) is 2.82. The van der Waals surface area contributed by atoms with E-state index in [9.17, 15) is 9.59 Å². The Bertz CT molecular complexity index is 519. The van der Waals surface area contributed by atoms with Crippen molar-refractivity contribution in [2.75, 3.05) is 5.32 Å². The number of pyridine rings is 1. The standard InChI is InChI=1S/C13H15ClN2O3/c1-7-10(4-5-11(14)15-7)16-12(17)8-2-3-9(6-8)13(18)19/h4-5,8-9H,2-3,6H2,1H3,(H,16,17)(H,18,19)/t8-,9+/m1/s1. The van der Waals surface area contributed by atoms with Crippen LogP contribution in [0.25, 0.3) is 0 Å². The molecule has 1 aromatic heterocycles. The predicted octanol–water partition coefficient (Wildman–Crippen LogP) is 2.48. The molecule has 102 valence electrons. The molecule has 0 unspecified atom stereocenters. The third-order valence-corrected chi connectivity index (χ3v) is 3.67. The summed E-state index contributed by atoms with van der Waals surface area (Å²) in [5.74, 6) is -1.60. The highest BCUT2D eigenvalue weighted by Crippen LogP contribution is 2.32. The normalized spacial score (nSPS) is 22.2. The van der Waals surface area contributed by atoms with E-state index in [1.165, 1.54) is 0 Å². The van der Waals surface area contributed by atoms with Gasteiger partial charge in [0, 0.05) is 5.92 Å². The van der Waals surface area contributed by atoms with Gasteiger partial charge >= 0.3 is 5.97 Å². The van der Waals surface area contributed by atoms with E-state index in [-0.39, 0.29) is 11.8 Å². The predicted molar refractivity (Wildman–Crippen MR) is 71.1 cm³/mol. The molecule has 5 nitrogen and oxygen atoms in total. The molecule has 2 N–H and O–H groups in total. The minimum atomic E-state index is -0.820. The molecular weight excluding hydrogens is 268 g/mol. The van der Waals surface area contributed by atoms with Crippen molar-refractivity contribution in [2.24, 2.45) is 11.8 Å². The van der Waals surface area contributed by atoms with Crippen molar-refractivity contribution in [2.45, 2.75) is 26.2 Å². The van der Waals surface area contributed by atoms with Crippen LogP contribution in [0, 0.1) is 18.8 Å². The van der Waals surface area contributed by atoms with Crippen molar-refractivity contribution in [3.63, 3.8) is 0 Å². The number of amides is 1. The van der Waals surface area contributed by atoms with Crippen LogP contribution < -0.4 is 5.32 Å². The van der Waals surface area contributed by atoms with Crippen molar-refractivity contribution < 1.29 is 14.7 Å². The first-order chi connectivity index (χ1) is 8.97. The molecule has 1 amide bonds. The number of aliphatic carboxylic acids is 1. The zero-order chi connectivity index (χ0) is 14.0. The topological polar surface area (TPSA) is 79.3 Å². The number of hydrogen-bond donors (Lipinski definition) is 2. The molecule has 0 aromatic carbocycles. The van der Waals surface area contributed by atoms with Gasteiger partial charge in [-0.3, -0.25) is 9.59 Å². The van der Waals surface area contributed by atoms with Gasteiger partial charge in [-0.05, 0) is 38.3 Å². The fraction of sp³-hybridized carbons (Fsp3) is 0.462. The number of nitrogens with one attached hydrogen (secondary N) is 1. The Morgan fingerprint density at radius 2 is 2.05 bits per heavy atom. The highest BCUT2D eigenvalue weighted by Gasteiger charge is 2.33. The first kappa shape index (κ1) is 13.8. The Balaban J connectivity index is 2.00. The first-order valence-electron chi connectivity index (χ1n) is 6.14. The number of hydrogen-bond acceptors (Lipinski definition) is 3. The Hall–Kier alpha value is -1.62. The van der Waals surface area contributed by atoms with Crippen molar-refractivity contribution in [3.05, 3.63) is 23.0 Å². The van der Waals surface area contributed by atoms with Crippen molar-refractivity contribution in [3.8, 4) is 0 Å². The zero-order valence-corrected chi connectivity index (χ0v) is 11.3. The maximum Gasteiger partial charge on any atom is 0.306 e. The number of nitrogens with zero attached hydrogens (tertiary/aromatic N) is 1. The summed E-state index contributed by atoms with van der Waals surface area (Å²) in [5, 5.41) is 12.1. The molecule has 0 spiro atoms. The third kappa shape index (κ3) is 3.23. The van der Waals surface area contributed by atoms with E-state index in [1.54, 1.807) is 19.1 Å². The summed E-state index contributed by atoms with van der Waals surface area (Å²) in [7, 11) is 0. The highest BCUT2D eigenvalue weighted by atomic mass is 35.5. The third-order valence-electron chi connectivity index (χ3n) is 3.46. The van der Waals surface area contributed by atoms with Crippen LogP contribution in [0.2, 0.25) is 5.15 Å². The summed E-state index contributed by atoms with van der Waals surface area (Å²) < 4.78 is 0. The number of rotatable bonds is 3. The summed E-state index contributed by atoms with van der Waals surface area (Å²) in [6, 6.07) is 3.31. The molecule has 1 fully saturated rings. The molecule has 2 rings (SSSR count). The number of halogens is 1. The van der Waals surface area contributed by atoms with Gasteiger partial charge in [-0.2, -0.15) is 0 Å². The Morgan fingerprint density at radius 3 is 2.63 bits per heavy atom. The minimum Gasteiger partial charge on any atom is -0.481 e. The summed E-state index contributed by atoms with van der Waals surface area (Å²) in [6.45, 7) is 1.76. The number of anilines is 1. The van der Waals surface area contributed by atoms with E-state index >= 15 is 0 Å². The van der Waals surface area contributed by atoms with Crippen LogP contribution in [0.3, 0.4) is 0 Å². The van der Waals surface area contributed by atoms with Gasteiger partial charge < -0.3 is 10.4 Å². The van der Waals surface area contributed by atoms with Crippen molar-refractivity contribution >= 4 is 29.2 Å². The highest BCUT2D eigenvalue weighted by molar-refractivity contribution is 6.29. The van der Waals surface area contributed by atoms with Crippen LogP contribution in [0.5, 0.6) is 0 Å². The van der Waals surface area contributed by atoms with Gasteiger partial charge in [-0.25, -0.2) is 4.98 Å². The second-order valence-corrected chi connectivity index (χ2v) is 5.19. The maximum absolute atomic E-state index is 12.1. The molecule has 0 aliphatic heterocycles. The smallest absolute Gasteiger partial charge is 0.306 e. The summed E-state index contributed by atoms with van der Waals surface area (Å²) in [6.07, 6.45) is 1.58. The monoisotopic (exact) mass is 282 g/mol. The van der Waals surface area contributed by atoms with E-state index < -0.39 is 11.9 Å². The lowest BCUT2D eigenvalue weighted by atomic mass is 10.0. The lowest BCUT2D eigenvalue weighted by Crippen LogP contribution is -2.22. The Morgan fingerprint density at radius 1 is 1.37 bits per heavy atom. The van der Waals surface area contributed by atoms with Gasteiger partial charge in [-0.1, -0.05) is 11.6 Å². The van der Waals surface area contributed by atoms with Crippen LogP contribution in [-0.4, -0.2) is 22.0 Å². The molecule has 1 aromatic rings. The number of carbonyl (C=O) groups is 2. The molecule has 2 atom stereocenters. The van der Waals surface area contributed by atoms with E-state index in [0.29, 0.717) is 35.8 Å². The maximum atomic E-state index is 12.1. The number of aryl methyl sites for hydroxylation is 1. The molecule has 19 heavy (non-hydrogen) atoms. The van der Waals surface area contributed by atoms with Crippen LogP contribution in [0.4, 0.5) is 5.69 Å². The van der Waals surface area contributed by atoms with E-state index in [2.05, 4.69) is 10.3 Å². The SMILES string of the molecule is Cc1nc(Cl)ccc1NC(=O)[C@@H]1CC[C@H](C(=O)O)C1. The van der Waals surface area contributed by atoms with Gasteiger partial charge in [0.15, 0.2) is 0 Å². The second-order valence-electron chi connectivity index (χ2n) is 4.80. The van der Waals surface area contributed by atoms with Gasteiger partial charge in [0.05, 0.1) is 17.3 Å². The summed E-state index contributed by atoms with van der Waals surface area (Å²) in [5.41, 5.74) is 1.27. The van der Waals surface area contributed by atoms with Gasteiger partial charge in [0.25, 0.3) is 0 Å². The Labute approximate surface area is 116 Å². The van der Waals surface area contributed by atoms with Gasteiger partial charge in [0.2, 0.25) is 5.91 Å². The Kier molecular flexibility index (Phi) is 4.04. The molecule has 1 saturated carbocycles. The van der Waals surface area contributed by atoms with E-state index in [4.69, 9.17) is 16.7 Å². The fourth-order valence-corrected chi connectivity index (χ4v) is 2.53. The van der Waals surface area contributed by atoms with Crippen LogP contribution in [0.1, 0.15) is 25.0 Å². The number of carboxylic acid groups (broad SMARTS) is 1. The molecule has 6 heteroatoms. The zero-order valence-electron chi connectivity index (χ0n) is 10.5. The van der Waals surface area contributed by atoms with Crippen LogP contribution in [0.15, 0.2) is 12.1 Å². The molecule has 0 saturated heterocycles. The lowest BCUT2D eigenvalue weighted by molar-refractivity contribution is -0.141. The van der Waals surface area contributed by atoms with E-state index in [0.717, 1.165) is 0 Å². The number of carbonyl (C=O) groups excluding carboxylic acids is 1. The average molecular weight is 283 g/mol. The van der Waals surface area contributed by atoms with Crippen LogP contribution in [-0.2, 0) is 9.59 Å². The quantitative estimate of drug-likeness (QED) is 0.835.